The third-order valence-corrected chi connectivity index (χ3v) is 3.79. The van der Waals surface area contributed by atoms with E-state index in [4.69, 9.17) is 10.5 Å². The number of morpholine rings is 1. The first-order valence-corrected chi connectivity index (χ1v) is 7.48. The lowest BCUT2D eigenvalue weighted by Gasteiger charge is -2.36. The maximum atomic E-state index is 14.0. The summed E-state index contributed by atoms with van der Waals surface area (Å²) in [5.41, 5.74) is 5.78. The van der Waals surface area contributed by atoms with E-state index in [0.717, 1.165) is 6.54 Å². The summed E-state index contributed by atoms with van der Waals surface area (Å²) in [7, 11) is 3.94. The van der Waals surface area contributed by atoms with Crippen LogP contribution in [0.2, 0.25) is 0 Å². The number of likely N-dealkylation sites (N-methyl/N-ethyl adjacent to an activating group) is 1. The third-order valence-electron chi connectivity index (χ3n) is 3.33. The van der Waals surface area contributed by atoms with Crippen LogP contribution in [0, 0.1) is 5.82 Å². The number of ether oxygens (including phenoxy) is 1. The zero-order chi connectivity index (χ0) is 15.6. The molecule has 1 aliphatic heterocycles. The first-order chi connectivity index (χ1) is 9.88. The molecule has 21 heavy (non-hydrogen) atoms. The van der Waals surface area contributed by atoms with Crippen LogP contribution in [0.15, 0.2) is 16.6 Å². The number of benzene rings is 1. The number of nitrogens with zero attached hydrogens (tertiary/aromatic N) is 2. The molecule has 2 rings (SSSR count). The molecule has 1 unspecified atom stereocenters. The van der Waals surface area contributed by atoms with E-state index in [1.807, 2.05) is 23.9 Å². The molecule has 1 amide bonds. The molecular weight excluding hydrogens is 341 g/mol. The van der Waals surface area contributed by atoms with Crippen molar-refractivity contribution in [2.24, 2.45) is 5.73 Å². The Labute approximate surface area is 132 Å². The molecule has 1 atom stereocenters. The Bertz CT molecular complexity index is 539. The van der Waals surface area contributed by atoms with Gasteiger partial charge in [-0.2, -0.15) is 0 Å². The highest BCUT2D eigenvalue weighted by Gasteiger charge is 2.26. The minimum Gasteiger partial charge on any atom is -0.373 e. The van der Waals surface area contributed by atoms with Crippen LogP contribution in [0.25, 0.3) is 0 Å². The number of primary amides is 1. The van der Waals surface area contributed by atoms with Crippen LogP contribution in [-0.2, 0) is 4.74 Å². The fourth-order valence-corrected chi connectivity index (χ4v) is 2.93. The van der Waals surface area contributed by atoms with E-state index in [1.165, 1.54) is 6.07 Å². The summed E-state index contributed by atoms with van der Waals surface area (Å²) in [6, 6.07) is 2.97. The molecule has 0 bridgehead atoms. The number of carbonyl (C=O) groups is 1. The minimum atomic E-state index is -0.759. The molecular formula is C14H19BrFN3O2. The molecule has 0 saturated carbocycles. The average Bonchev–Trinajstić information content (AvgIpc) is 2.36. The summed E-state index contributed by atoms with van der Waals surface area (Å²) >= 11 is 3.26. The van der Waals surface area contributed by atoms with Gasteiger partial charge in [-0.25, -0.2) is 4.39 Å². The van der Waals surface area contributed by atoms with Gasteiger partial charge in [0.1, 0.15) is 5.82 Å². The fourth-order valence-electron chi connectivity index (χ4n) is 2.51. The topological polar surface area (TPSA) is 58.8 Å². The molecule has 1 saturated heterocycles. The molecule has 7 heteroatoms. The highest BCUT2D eigenvalue weighted by molar-refractivity contribution is 9.10. The first-order valence-electron chi connectivity index (χ1n) is 6.68. The summed E-state index contributed by atoms with van der Waals surface area (Å²) < 4.78 is 20.3. The summed E-state index contributed by atoms with van der Waals surface area (Å²) in [6.45, 7) is 2.48. The van der Waals surface area contributed by atoms with E-state index in [-0.39, 0.29) is 11.7 Å². The van der Waals surface area contributed by atoms with Gasteiger partial charge in [-0.05, 0) is 26.2 Å². The van der Waals surface area contributed by atoms with Crippen molar-refractivity contribution in [2.75, 3.05) is 45.2 Å². The summed E-state index contributed by atoms with van der Waals surface area (Å²) in [4.78, 5) is 15.5. The quantitative estimate of drug-likeness (QED) is 0.883. The van der Waals surface area contributed by atoms with E-state index in [0.29, 0.717) is 29.9 Å². The molecule has 0 radical (unpaired) electrons. The van der Waals surface area contributed by atoms with Gasteiger partial charge in [0.15, 0.2) is 0 Å². The summed E-state index contributed by atoms with van der Waals surface area (Å²) in [5, 5.41) is 0. The predicted octanol–water partition coefficient (Wildman–Crippen LogP) is 1.45. The number of carbonyl (C=O) groups excluding carboxylic acids is 1. The Balaban J connectivity index is 2.30. The van der Waals surface area contributed by atoms with Gasteiger partial charge in [-0.15, -0.1) is 0 Å². The van der Waals surface area contributed by atoms with Gasteiger partial charge in [0, 0.05) is 24.1 Å². The van der Waals surface area contributed by atoms with E-state index >= 15 is 0 Å². The van der Waals surface area contributed by atoms with Crippen LogP contribution in [0.1, 0.15) is 10.4 Å². The molecule has 1 heterocycles. The van der Waals surface area contributed by atoms with Crippen molar-refractivity contribution in [2.45, 2.75) is 6.10 Å². The van der Waals surface area contributed by atoms with Gasteiger partial charge in [-0.1, -0.05) is 15.9 Å². The fraction of sp³-hybridized carbons (Fsp3) is 0.500. The van der Waals surface area contributed by atoms with Crippen LogP contribution >= 0.6 is 15.9 Å². The van der Waals surface area contributed by atoms with Crippen LogP contribution < -0.4 is 10.6 Å². The molecule has 1 fully saturated rings. The number of amides is 1. The predicted molar refractivity (Wildman–Crippen MR) is 83.1 cm³/mol. The normalized spacial score (nSPS) is 19.1. The molecule has 1 aliphatic rings. The zero-order valence-electron chi connectivity index (χ0n) is 12.1. The van der Waals surface area contributed by atoms with Gasteiger partial charge in [0.25, 0.3) is 5.91 Å². The molecule has 0 spiro atoms. The van der Waals surface area contributed by atoms with Gasteiger partial charge >= 0.3 is 0 Å². The Morgan fingerprint density at radius 3 is 2.90 bits per heavy atom. The highest BCUT2D eigenvalue weighted by Crippen LogP contribution is 2.29. The van der Waals surface area contributed by atoms with Crippen molar-refractivity contribution >= 4 is 27.5 Å². The van der Waals surface area contributed by atoms with E-state index in [1.54, 1.807) is 6.07 Å². The molecule has 2 N–H and O–H groups in total. The van der Waals surface area contributed by atoms with Crippen LogP contribution in [0.3, 0.4) is 0 Å². The zero-order valence-corrected chi connectivity index (χ0v) is 13.7. The average molecular weight is 360 g/mol. The first kappa shape index (κ1) is 16.2. The molecule has 0 aromatic heterocycles. The van der Waals surface area contributed by atoms with Crippen LogP contribution in [0.4, 0.5) is 10.1 Å². The van der Waals surface area contributed by atoms with Crippen molar-refractivity contribution < 1.29 is 13.9 Å². The standard InChI is InChI=1S/C14H19BrFN3O2/c1-18(2)7-10-8-19(3-4-21-10)12-6-9(15)5-11(16)13(12)14(17)20/h5-6,10H,3-4,7-8H2,1-2H3,(H2,17,20). The van der Waals surface area contributed by atoms with Crippen molar-refractivity contribution in [3.05, 3.63) is 28.0 Å². The molecule has 1 aromatic carbocycles. The van der Waals surface area contributed by atoms with Crippen molar-refractivity contribution in [1.82, 2.24) is 4.90 Å². The van der Waals surface area contributed by atoms with Crippen molar-refractivity contribution in [3.8, 4) is 0 Å². The Morgan fingerprint density at radius 1 is 1.57 bits per heavy atom. The maximum Gasteiger partial charge on any atom is 0.253 e. The number of halogens is 2. The highest BCUT2D eigenvalue weighted by atomic mass is 79.9. The smallest absolute Gasteiger partial charge is 0.253 e. The SMILES string of the molecule is CN(C)CC1CN(c2cc(Br)cc(F)c2C(N)=O)CCO1. The number of hydrogen-bond acceptors (Lipinski definition) is 4. The van der Waals surface area contributed by atoms with Crippen LogP contribution in [0.5, 0.6) is 0 Å². The van der Waals surface area contributed by atoms with E-state index in [2.05, 4.69) is 15.9 Å². The van der Waals surface area contributed by atoms with Gasteiger partial charge in [0.2, 0.25) is 0 Å². The molecule has 116 valence electrons. The number of hydrogen-bond donors (Lipinski definition) is 1. The lowest BCUT2D eigenvalue weighted by atomic mass is 10.1. The third kappa shape index (κ3) is 3.93. The lowest BCUT2D eigenvalue weighted by molar-refractivity contribution is 0.0247. The largest absolute Gasteiger partial charge is 0.373 e. The van der Waals surface area contributed by atoms with Crippen LogP contribution in [-0.4, -0.2) is 57.2 Å². The maximum absolute atomic E-state index is 14.0. The Hall–Kier alpha value is -1.18. The summed E-state index contributed by atoms with van der Waals surface area (Å²) in [5.74, 6) is -1.37. The number of rotatable bonds is 4. The van der Waals surface area contributed by atoms with Crippen molar-refractivity contribution in [3.63, 3.8) is 0 Å². The van der Waals surface area contributed by atoms with Gasteiger partial charge < -0.3 is 20.3 Å². The molecule has 0 aliphatic carbocycles. The van der Waals surface area contributed by atoms with E-state index < -0.39 is 11.7 Å². The van der Waals surface area contributed by atoms with Gasteiger partial charge in [0.05, 0.1) is 24.0 Å². The van der Waals surface area contributed by atoms with Gasteiger partial charge in [-0.3, -0.25) is 4.79 Å². The van der Waals surface area contributed by atoms with E-state index in [9.17, 15) is 9.18 Å². The Kier molecular flexibility index (Phi) is 5.18. The Morgan fingerprint density at radius 2 is 2.29 bits per heavy atom. The number of anilines is 1. The molecule has 1 aromatic rings. The second-order valence-electron chi connectivity index (χ2n) is 5.35. The monoisotopic (exact) mass is 359 g/mol. The summed E-state index contributed by atoms with van der Waals surface area (Å²) in [6.07, 6.45) is 0.0107. The second kappa shape index (κ2) is 6.72. The second-order valence-corrected chi connectivity index (χ2v) is 6.26. The molecule has 5 nitrogen and oxygen atoms in total. The minimum absolute atomic E-state index is 0.0107. The van der Waals surface area contributed by atoms with Crippen molar-refractivity contribution in [1.29, 1.82) is 0 Å². The number of nitrogens with two attached hydrogens (primary N) is 1. The lowest BCUT2D eigenvalue weighted by Crippen LogP contribution is -2.47.